The Hall–Kier alpha value is -1.57. The van der Waals surface area contributed by atoms with Crippen LogP contribution in [0.25, 0.3) is 0 Å². The van der Waals surface area contributed by atoms with E-state index in [1.807, 2.05) is 18.2 Å². The van der Waals surface area contributed by atoms with Gasteiger partial charge in [-0.25, -0.2) is 12.7 Å². The standard InChI is InChI=1S/C14H15BrN2O3S/c1-17(2)21(18,19)10-7-8-12(16)14(9-10)20-13-6-4-3-5-11(13)15/h3-9H,16H2,1-2H3. The normalized spacial score (nSPS) is 11.6. The quantitative estimate of drug-likeness (QED) is 0.839. The molecule has 21 heavy (non-hydrogen) atoms. The Morgan fingerprint density at radius 2 is 1.76 bits per heavy atom. The molecule has 0 spiro atoms. The number of rotatable bonds is 4. The third-order valence-corrected chi connectivity index (χ3v) is 5.29. The van der Waals surface area contributed by atoms with E-state index >= 15 is 0 Å². The highest BCUT2D eigenvalue weighted by molar-refractivity contribution is 9.10. The summed E-state index contributed by atoms with van der Waals surface area (Å²) in [6.45, 7) is 0. The molecule has 0 atom stereocenters. The van der Waals surface area contributed by atoms with Gasteiger partial charge in [-0.2, -0.15) is 0 Å². The van der Waals surface area contributed by atoms with E-state index in [2.05, 4.69) is 15.9 Å². The van der Waals surface area contributed by atoms with Gasteiger partial charge in [-0.15, -0.1) is 0 Å². The van der Waals surface area contributed by atoms with Gasteiger partial charge in [-0.05, 0) is 40.2 Å². The maximum atomic E-state index is 12.1. The first-order valence-electron chi connectivity index (χ1n) is 6.07. The molecule has 0 amide bonds. The average Bonchev–Trinajstić information content (AvgIpc) is 2.43. The Morgan fingerprint density at radius 3 is 2.38 bits per heavy atom. The molecule has 2 aromatic rings. The van der Waals surface area contributed by atoms with Gasteiger partial charge in [-0.3, -0.25) is 0 Å². The zero-order valence-corrected chi connectivity index (χ0v) is 14.0. The van der Waals surface area contributed by atoms with Crippen LogP contribution in [-0.4, -0.2) is 26.8 Å². The smallest absolute Gasteiger partial charge is 0.242 e. The molecule has 0 fully saturated rings. The summed E-state index contributed by atoms with van der Waals surface area (Å²) in [6.07, 6.45) is 0. The first kappa shape index (κ1) is 15.8. The molecule has 0 aromatic heterocycles. The number of halogens is 1. The maximum Gasteiger partial charge on any atom is 0.242 e. The number of hydrogen-bond acceptors (Lipinski definition) is 4. The minimum absolute atomic E-state index is 0.128. The molecule has 2 N–H and O–H groups in total. The fourth-order valence-electron chi connectivity index (χ4n) is 1.62. The van der Waals surface area contributed by atoms with E-state index in [0.29, 0.717) is 17.2 Å². The van der Waals surface area contributed by atoms with E-state index in [1.165, 1.54) is 32.3 Å². The predicted octanol–water partition coefficient (Wildman–Crippen LogP) is 3.07. The zero-order valence-electron chi connectivity index (χ0n) is 11.6. The highest BCUT2D eigenvalue weighted by Crippen LogP contribution is 2.34. The number of para-hydroxylation sites is 1. The van der Waals surface area contributed by atoms with Crippen molar-refractivity contribution >= 4 is 31.6 Å². The predicted molar refractivity (Wildman–Crippen MR) is 85.9 cm³/mol. The first-order chi connectivity index (χ1) is 9.82. The molecule has 0 aliphatic carbocycles. The molecule has 0 bridgehead atoms. The number of benzene rings is 2. The monoisotopic (exact) mass is 370 g/mol. The molecule has 0 aliphatic heterocycles. The third-order valence-electron chi connectivity index (χ3n) is 2.82. The van der Waals surface area contributed by atoms with E-state index in [-0.39, 0.29) is 4.90 Å². The average molecular weight is 371 g/mol. The largest absolute Gasteiger partial charge is 0.454 e. The Kier molecular flexibility index (Phi) is 4.55. The summed E-state index contributed by atoms with van der Waals surface area (Å²) in [7, 11) is -0.588. The first-order valence-corrected chi connectivity index (χ1v) is 8.30. The molecule has 0 unspecified atom stereocenters. The van der Waals surface area contributed by atoms with Gasteiger partial charge in [0, 0.05) is 20.2 Å². The Bertz CT molecular complexity index is 761. The molecule has 0 aliphatic rings. The van der Waals surface area contributed by atoms with Gasteiger partial charge in [0.15, 0.2) is 5.75 Å². The van der Waals surface area contributed by atoms with Crippen molar-refractivity contribution in [3.63, 3.8) is 0 Å². The van der Waals surface area contributed by atoms with Crippen molar-refractivity contribution in [3.8, 4) is 11.5 Å². The minimum atomic E-state index is -3.53. The van der Waals surface area contributed by atoms with E-state index in [1.54, 1.807) is 6.07 Å². The molecule has 2 aromatic carbocycles. The number of nitrogen functional groups attached to an aromatic ring is 1. The van der Waals surface area contributed by atoms with Crippen LogP contribution in [0.1, 0.15) is 0 Å². The summed E-state index contributed by atoms with van der Waals surface area (Å²) in [5.41, 5.74) is 6.22. The molecular weight excluding hydrogens is 356 g/mol. The van der Waals surface area contributed by atoms with Gasteiger partial charge in [0.05, 0.1) is 15.1 Å². The number of ether oxygens (including phenoxy) is 1. The van der Waals surface area contributed by atoms with Crippen LogP contribution in [0.4, 0.5) is 5.69 Å². The Morgan fingerprint density at radius 1 is 1.10 bits per heavy atom. The fourth-order valence-corrected chi connectivity index (χ4v) is 2.90. The summed E-state index contributed by atoms with van der Waals surface area (Å²) in [4.78, 5) is 0.128. The van der Waals surface area contributed by atoms with Crippen molar-refractivity contribution in [2.24, 2.45) is 0 Å². The number of nitrogens with two attached hydrogens (primary N) is 1. The van der Waals surface area contributed by atoms with Gasteiger partial charge < -0.3 is 10.5 Å². The fraction of sp³-hybridized carbons (Fsp3) is 0.143. The highest BCUT2D eigenvalue weighted by Gasteiger charge is 2.19. The van der Waals surface area contributed by atoms with E-state index in [9.17, 15) is 8.42 Å². The van der Waals surface area contributed by atoms with Crippen LogP contribution in [0.5, 0.6) is 11.5 Å². The molecule has 5 nitrogen and oxygen atoms in total. The molecule has 0 saturated heterocycles. The summed E-state index contributed by atoms with van der Waals surface area (Å²) < 4.78 is 31.9. The second kappa shape index (κ2) is 6.05. The lowest BCUT2D eigenvalue weighted by molar-refractivity contribution is 0.478. The lowest BCUT2D eigenvalue weighted by Gasteiger charge is -2.14. The van der Waals surface area contributed by atoms with Crippen LogP contribution in [0.2, 0.25) is 0 Å². The van der Waals surface area contributed by atoms with E-state index < -0.39 is 10.0 Å². The maximum absolute atomic E-state index is 12.1. The van der Waals surface area contributed by atoms with Crippen LogP contribution < -0.4 is 10.5 Å². The van der Waals surface area contributed by atoms with Crippen LogP contribution in [0.3, 0.4) is 0 Å². The van der Waals surface area contributed by atoms with E-state index in [0.717, 1.165) is 8.78 Å². The van der Waals surface area contributed by atoms with Gasteiger partial charge in [0.25, 0.3) is 0 Å². The molecule has 2 rings (SSSR count). The molecule has 112 valence electrons. The molecular formula is C14H15BrN2O3S. The van der Waals surface area contributed by atoms with Crippen LogP contribution in [0, 0.1) is 0 Å². The van der Waals surface area contributed by atoms with Crippen molar-refractivity contribution in [2.75, 3.05) is 19.8 Å². The molecule has 0 heterocycles. The number of anilines is 1. The van der Waals surface area contributed by atoms with Crippen LogP contribution in [0.15, 0.2) is 51.8 Å². The van der Waals surface area contributed by atoms with Gasteiger partial charge >= 0.3 is 0 Å². The Labute approximate surface area is 132 Å². The topological polar surface area (TPSA) is 72.6 Å². The van der Waals surface area contributed by atoms with Gasteiger partial charge in [-0.1, -0.05) is 12.1 Å². The number of sulfonamides is 1. The second-order valence-electron chi connectivity index (χ2n) is 4.52. The minimum Gasteiger partial charge on any atom is -0.454 e. The third kappa shape index (κ3) is 3.37. The van der Waals surface area contributed by atoms with Crippen LogP contribution >= 0.6 is 15.9 Å². The number of hydrogen-bond donors (Lipinski definition) is 1. The summed E-state index contributed by atoms with van der Waals surface area (Å²) in [5, 5.41) is 0. The van der Waals surface area contributed by atoms with Gasteiger partial charge in [0.1, 0.15) is 5.75 Å². The summed E-state index contributed by atoms with van der Waals surface area (Å²) in [5.74, 6) is 0.855. The lowest BCUT2D eigenvalue weighted by atomic mass is 10.3. The van der Waals surface area contributed by atoms with Crippen molar-refractivity contribution < 1.29 is 13.2 Å². The zero-order chi connectivity index (χ0) is 15.6. The SMILES string of the molecule is CN(C)S(=O)(=O)c1ccc(N)c(Oc2ccccc2Br)c1. The molecule has 0 saturated carbocycles. The van der Waals surface area contributed by atoms with E-state index in [4.69, 9.17) is 10.5 Å². The summed E-state index contributed by atoms with van der Waals surface area (Å²) in [6, 6.07) is 11.6. The van der Waals surface area contributed by atoms with Crippen molar-refractivity contribution in [1.29, 1.82) is 0 Å². The van der Waals surface area contributed by atoms with Crippen LogP contribution in [-0.2, 0) is 10.0 Å². The lowest BCUT2D eigenvalue weighted by Crippen LogP contribution is -2.22. The van der Waals surface area contributed by atoms with Gasteiger partial charge in [0.2, 0.25) is 10.0 Å². The van der Waals surface area contributed by atoms with Crippen molar-refractivity contribution in [3.05, 3.63) is 46.9 Å². The second-order valence-corrected chi connectivity index (χ2v) is 7.53. The number of nitrogens with zero attached hydrogens (tertiary/aromatic N) is 1. The molecule has 7 heteroatoms. The van der Waals surface area contributed by atoms with Crippen molar-refractivity contribution in [1.82, 2.24) is 4.31 Å². The highest BCUT2D eigenvalue weighted by atomic mass is 79.9. The molecule has 0 radical (unpaired) electrons. The Balaban J connectivity index is 2.44. The summed E-state index contributed by atoms with van der Waals surface area (Å²) >= 11 is 3.37. The van der Waals surface area contributed by atoms with Crippen molar-refractivity contribution in [2.45, 2.75) is 4.90 Å².